The predicted molar refractivity (Wildman–Crippen MR) is 108 cm³/mol. The van der Waals surface area contributed by atoms with Crippen molar-refractivity contribution >= 4 is 22.0 Å². The van der Waals surface area contributed by atoms with Crippen LogP contribution in [0, 0.1) is 11.6 Å². The van der Waals surface area contributed by atoms with Crippen LogP contribution in [0.15, 0.2) is 42.5 Å². The van der Waals surface area contributed by atoms with E-state index in [4.69, 9.17) is 4.74 Å². The Kier molecular flexibility index (Phi) is 6.08. The fraction of sp³-hybridized carbons (Fsp3) is 0.409. The number of alkyl halides is 1. The van der Waals surface area contributed by atoms with Crippen molar-refractivity contribution in [2.24, 2.45) is 0 Å². The van der Waals surface area contributed by atoms with Crippen molar-refractivity contribution in [3.8, 4) is 0 Å². The van der Waals surface area contributed by atoms with Gasteiger partial charge in [0.25, 0.3) is 0 Å². The Bertz CT molecular complexity index is 849. The van der Waals surface area contributed by atoms with Crippen LogP contribution in [-0.4, -0.2) is 22.6 Å². The summed E-state index contributed by atoms with van der Waals surface area (Å²) in [6.07, 6.45) is 0.302. The minimum absolute atomic E-state index is 0.0237. The lowest BCUT2D eigenvalue weighted by Gasteiger charge is -2.28. The number of nitrogens with zero attached hydrogens (tertiary/aromatic N) is 1. The van der Waals surface area contributed by atoms with Gasteiger partial charge >= 0.3 is 6.09 Å². The first-order valence-corrected chi connectivity index (χ1v) is 10.4. The van der Waals surface area contributed by atoms with E-state index < -0.39 is 23.3 Å². The third-order valence-corrected chi connectivity index (χ3v) is 5.33. The van der Waals surface area contributed by atoms with Gasteiger partial charge in [-0.1, -0.05) is 46.3 Å². The molecule has 0 N–H and O–H groups in total. The molecule has 0 bridgehead atoms. The first kappa shape index (κ1) is 20.8. The molecule has 0 saturated heterocycles. The Morgan fingerprint density at radius 1 is 1.11 bits per heavy atom. The number of hydrogen-bond acceptors (Lipinski definition) is 2. The first-order chi connectivity index (χ1) is 13.2. The molecule has 3 rings (SSSR count). The summed E-state index contributed by atoms with van der Waals surface area (Å²) < 4.78 is 32.4. The molecular weight excluding hydrogens is 428 g/mol. The normalized spacial score (nSPS) is 18.6. The van der Waals surface area contributed by atoms with Crippen LogP contribution in [0.4, 0.5) is 13.6 Å². The zero-order valence-corrected chi connectivity index (χ0v) is 17.8. The Balaban J connectivity index is 1.79. The van der Waals surface area contributed by atoms with E-state index in [2.05, 4.69) is 15.9 Å². The fourth-order valence-electron chi connectivity index (χ4n) is 3.20. The van der Waals surface area contributed by atoms with Crippen LogP contribution in [0.25, 0.3) is 0 Å². The molecule has 0 aromatic heterocycles. The van der Waals surface area contributed by atoms with Gasteiger partial charge in [0, 0.05) is 23.8 Å². The number of hydrogen-bond donors (Lipinski definition) is 0. The van der Waals surface area contributed by atoms with Crippen LogP contribution < -0.4 is 0 Å². The van der Waals surface area contributed by atoms with Gasteiger partial charge in [0.15, 0.2) is 11.6 Å². The second-order valence-corrected chi connectivity index (χ2v) is 8.70. The molecule has 1 amide bonds. The summed E-state index contributed by atoms with van der Waals surface area (Å²) in [5.41, 5.74) is 2.24. The molecule has 1 aliphatic carbocycles. The van der Waals surface area contributed by atoms with Crippen LogP contribution in [-0.2, 0) is 16.6 Å². The maximum Gasteiger partial charge on any atom is 0.410 e. The van der Waals surface area contributed by atoms with E-state index in [9.17, 15) is 13.6 Å². The summed E-state index contributed by atoms with van der Waals surface area (Å²) in [7, 11) is 0. The van der Waals surface area contributed by atoms with Gasteiger partial charge in [-0.3, -0.25) is 0 Å². The lowest BCUT2D eigenvalue weighted by molar-refractivity contribution is 0.0212. The Morgan fingerprint density at radius 2 is 1.75 bits per heavy atom. The smallest absolute Gasteiger partial charge is 0.410 e. The van der Waals surface area contributed by atoms with Crippen LogP contribution in [0.1, 0.15) is 49.8 Å². The molecule has 1 aliphatic rings. The van der Waals surface area contributed by atoms with Crippen molar-refractivity contribution in [3.63, 3.8) is 0 Å². The molecule has 2 unspecified atom stereocenters. The monoisotopic (exact) mass is 451 g/mol. The van der Waals surface area contributed by atoms with Gasteiger partial charge in [-0.05, 0) is 56.0 Å². The van der Waals surface area contributed by atoms with Crippen LogP contribution >= 0.6 is 15.9 Å². The average molecular weight is 452 g/mol. The summed E-state index contributed by atoms with van der Waals surface area (Å²) >= 11 is 3.43. The standard InChI is InChI=1S/C22H24BrF2NO2/c1-22(2,3)28-21(27)26(13-15-6-4-14(12-23)5-7-15)20-11-17(20)16-8-9-18(24)19(25)10-16/h4-10,17,20H,11-13H2,1-3H3. The predicted octanol–water partition coefficient (Wildman–Crippen LogP) is 6.15. The van der Waals surface area contributed by atoms with E-state index in [0.29, 0.717) is 18.5 Å². The second-order valence-electron chi connectivity index (χ2n) is 8.14. The van der Waals surface area contributed by atoms with E-state index in [0.717, 1.165) is 22.5 Å². The van der Waals surface area contributed by atoms with Gasteiger partial charge in [0.2, 0.25) is 0 Å². The minimum atomic E-state index is -0.864. The SMILES string of the molecule is CC(C)(C)OC(=O)N(Cc1ccc(CBr)cc1)C1CC1c1ccc(F)c(F)c1. The molecule has 28 heavy (non-hydrogen) atoms. The van der Waals surface area contributed by atoms with Gasteiger partial charge in [0.05, 0.1) is 0 Å². The molecule has 3 nitrogen and oxygen atoms in total. The molecule has 1 saturated carbocycles. The summed E-state index contributed by atoms with van der Waals surface area (Å²) in [6, 6.07) is 11.8. The highest BCUT2D eigenvalue weighted by Gasteiger charge is 2.46. The molecule has 150 valence electrons. The van der Waals surface area contributed by atoms with Crippen molar-refractivity contribution in [3.05, 3.63) is 70.8 Å². The zero-order valence-electron chi connectivity index (χ0n) is 16.2. The van der Waals surface area contributed by atoms with E-state index in [-0.39, 0.29) is 12.0 Å². The minimum Gasteiger partial charge on any atom is -0.444 e. The van der Waals surface area contributed by atoms with Crippen LogP contribution in [0.5, 0.6) is 0 Å². The summed E-state index contributed by atoms with van der Waals surface area (Å²) in [6.45, 7) is 5.89. The van der Waals surface area contributed by atoms with Gasteiger partial charge in [0.1, 0.15) is 5.60 Å². The molecule has 1 fully saturated rings. The van der Waals surface area contributed by atoms with Crippen LogP contribution in [0.3, 0.4) is 0 Å². The van der Waals surface area contributed by atoms with E-state index >= 15 is 0 Å². The molecule has 6 heteroatoms. The van der Waals surface area contributed by atoms with Crippen molar-refractivity contribution in [2.45, 2.75) is 56.6 Å². The Morgan fingerprint density at radius 3 is 2.32 bits per heavy atom. The second kappa shape index (κ2) is 8.19. The maximum absolute atomic E-state index is 13.6. The van der Waals surface area contributed by atoms with Gasteiger partial charge in [-0.2, -0.15) is 0 Å². The highest BCUT2D eigenvalue weighted by Crippen LogP contribution is 2.46. The number of amides is 1. The third kappa shape index (κ3) is 5.10. The van der Waals surface area contributed by atoms with E-state index in [1.165, 1.54) is 6.07 Å². The highest BCUT2D eigenvalue weighted by atomic mass is 79.9. The molecule has 0 spiro atoms. The molecule has 2 atom stereocenters. The number of ether oxygens (including phenoxy) is 1. The van der Waals surface area contributed by atoms with Crippen molar-refractivity contribution in [1.29, 1.82) is 0 Å². The van der Waals surface area contributed by atoms with Crippen molar-refractivity contribution in [1.82, 2.24) is 4.90 Å². The summed E-state index contributed by atoms with van der Waals surface area (Å²) in [5.74, 6) is -1.75. The number of rotatable bonds is 5. The molecule has 2 aromatic rings. The van der Waals surface area contributed by atoms with Gasteiger partial charge < -0.3 is 9.64 Å². The lowest BCUT2D eigenvalue weighted by Crippen LogP contribution is -2.38. The number of halogens is 3. The maximum atomic E-state index is 13.6. The molecule has 2 aromatic carbocycles. The fourth-order valence-corrected chi connectivity index (χ4v) is 3.57. The summed E-state index contributed by atoms with van der Waals surface area (Å²) in [4.78, 5) is 14.5. The Hall–Kier alpha value is -1.95. The topological polar surface area (TPSA) is 29.5 Å². The largest absolute Gasteiger partial charge is 0.444 e. The summed E-state index contributed by atoms with van der Waals surface area (Å²) in [5, 5.41) is 0.768. The molecular formula is C22H24BrF2NO2. The van der Waals surface area contributed by atoms with E-state index in [1.807, 2.05) is 45.0 Å². The van der Waals surface area contributed by atoms with Crippen molar-refractivity contribution in [2.75, 3.05) is 0 Å². The number of benzene rings is 2. The first-order valence-electron chi connectivity index (χ1n) is 9.26. The molecule has 0 aliphatic heterocycles. The zero-order chi connectivity index (χ0) is 20.5. The highest BCUT2D eigenvalue weighted by molar-refractivity contribution is 9.08. The Labute approximate surface area is 172 Å². The van der Waals surface area contributed by atoms with Crippen molar-refractivity contribution < 1.29 is 18.3 Å². The number of carbonyl (C=O) groups excluding carboxylic acids is 1. The van der Waals surface area contributed by atoms with Crippen LogP contribution in [0.2, 0.25) is 0 Å². The van der Waals surface area contributed by atoms with E-state index in [1.54, 1.807) is 11.0 Å². The number of carbonyl (C=O) groups is 1. The molecule has 0 radical (unpaired) electrons. The third-order valence-electron chi connectivity index (χ3n) is 4.69. The van der Waals surface area contributed by atoms with Gasteiger partial charge in [-0.15, -0.1) is 0 Å². The average Bonchev–Trinajstić information content (AvgIpc) is 3.41. The quantitative estimate of drug-likeness (QED) is 0.509. The van der Waals surface area contributed by atoms with Gasteiger partial charge in [-0.25, -0.2) is 13.6 Å². The lowest BCUT2D eigenvalue weighted by atomic mass is 10.1. The molecule has 0 heterocycles.